The van der Waals surface area contributed by atoms with Crippen molar-refractivity contribution in [3.63, 3.8) is 0 Å². The SMILES string of the molecule is CCCCCCC=C1OCCN1C. The van der Waals surface area contributed by atoms with Crippen LogP contribution in [0.1, 0.15) is 39.0 Å². The van der Waals surface area contributed by atoms with Crippen molar-refractivity contribution in [2.45, 2.75) is 39.0 Å². The van der Waals surface area contributed by atoms with Crippen molar-refractivity contribution < 1.29 is 4.74 Å². The molecule has 0 saturated carbocycles. The molecule has 1 rings (SSSR count). The van der Waals surface area contributed by atoms with E-state index in [0.717, 1.165) is 19.0 Å². The zero-order chi connectivity index (χ0) is 9.52. The molecule has 1 aliphatic rings. The van der Waals surface area contributed by atoms with E-state index in [0.29, 0.717) is 0 Å². The van der Waals surface area contributed by atoms with Gasteiger partial charge in [-0.2, -0.15) is 0 Å². The van der Waals surface area contributed by atoms with Crippen LogP contribution < -0.4 is 0 Å². The van der Waals surface area contributed by atoms with Gasteiger partial charge in [0.05, 0.1) is 6.54 Å². The molecule has 0 aromatic rings. The van der Waals surface area contributed by atoms with Gasteiger partial charge in [-0.25, -0.2) is 0 Å². The minimum absolute atomic E-state index is 0.858. The van der Waals surface area contributed by atoms with Crippen LogP contribution in [0.25, 0.3) is 0 Å². The Hall–Kier alpha value is -0.660. The van der Waals surface area contributed by atoms with Crippen LogP contribution in [0, 0.1) is 0 Å². The molecule has 13 heavy (non-hydrogen) atoms. The van der Waals surface area contributed by atoms with Crippen LogP contribution in [0.2, 0.25) is 0 Å². The summed E-state index contributed by atoms with van der Waals surface area (Å²) in [7, 11) is 2.09. The second-order valence-corrected chi connectivity index (χ2v) is 3.66. The normalized spacial score (nSPS) is 19.5. The molecule has 2 heteroatoms. The van der Waals surface area contributed by atoms with Gasteiger partial charge in [-0.1, -0.05) is 26.2 Å². The third kappa shape index (κ3) is 3.71. The molecule has 0 aromatic heterocycles. The van der Waals surface area contributed by atoms with E-state index in [2.05, 4.69) is 24.9 Å². The van der Waals surface area contributed by atoms with E-state index < -0.39 is 0 Å². The first kappa shape index (κ1) is 10.4. The number of hydrogen-bond donors (Lipinski definition) is 0. The summed E-state index contributed by atoms with van der Waals surface area (Å²) in [6.45, 7) is 4.14. The molecule has 0 bridgehead atoms. The minimum atomic E-state index is 0.858. The maximum Gasteiger partial charge on any atom is 0.185 e. The Morgan fingerprint density at radius 3 is 2.85 bits per heavy atom. The van der Waals surface area contributed by atoms with Crippen LogP contribution in [0.15, 0.2) is 12.0 Å². The van der Waals surface area contributed by atoms with E-state index in [1.54, 1.807) is 0 Å². The quantitative estimate of drug-likeness (QED) is 0.608. The number of rotatable bonds is 5. The van der Waals surface area contributed by atoms with Gasteiger partial charge in [-0.05, 0) is 18.9 Å². The van der Waals surface area contributed by atoms with Crippen molar-refractivity contribution in [1.82, 2.24) is 4.90 Å². The molecule has 0 radical (unpaired) electrons. The van der Waals surface area contributed by atoms with Gasteiger partial charge in [0, 0.05) is 7.05 Å². The van der Waals surface area contributed by atoms with Gasteiger partial charge >= 0.3 is 0 Å². The molecule has 76 valence electrons. The van der Waals surface area contributed by atoms with Gasteiger partial charge in [0.25, 0.3) is 0 Å². The van der Waals surface area contributed by atoms with E-state index in [4.69, 9.17) is 4.74 Å². The van der Waals surface area contributed by atoms with E-state index in [1.165, 1.54) is 32.1 Å². The van der Waals surface area contributed by atoms with Crippen molar-refractivity contribution in [2.75, 3.05) is 20.2 Å². The van der Waals surface area contributed by atoms with Gasteiger partial charge in [0.1, 0.15) is 6.61 Å². The molecular weight excluding hydrogens is 162 g/mol. The number of hydrogen-bond acceptors (Lipinski definition) is 2. The summed E-state index contributed by atoms with van der Waals surface area (Å²) in [5.74, 6) is 1.08. The van der Waals surface area contributed by atoms with Crippen LogP contribution in [0.4, 0.5) is 0 Å². The lowest BCUT2D eigenvalue weighted by atomic mass is 10.1. The van der Waals surface area contributed by atoms with Crippen molar-refractivity contribution >= 4 is 0 Å². The number of unbranched alkanes of at least 4 members (excludes halogenated alkanes) is 4. The fraction of sp³-hybridized carbons (Fsp3) is 0.818. The van der Waals surface area contributed by atoms with Crippen molar-refractivity contribution in [2.24, 2.45) is 0 Å². The number of ether oxygens (including phenoxy) is 1. The molecule has 0 spiro atoms. The lowest BCUT2D eigenvalue weighted by molar-refractivity contribution is 0.242. The maximum absolute atomic E-state index is 5.46. The summed E-state index contributed by atoms with van der Waals surface area (Å²) in [6.07, 6.45) is 8.72. The highest BCUT2D eigenvalue weighted by atomic mass is 16.5. The summed E-state index contributed by atoms with van der Waals surface area (Å²) < 4.78 is 5.46. The maximum atomic E-state index is 5.46. The Bertz CT molecular complexity index is 165. The van der Waals surface area contributed by atoms with Gasteiger partial charge in [-0.15, -0.1) is 0 Å². The summed E-state index contributed by atoms with van der Waals surface area (Å²) in [5, 5.41) is 0. The molecule has 1 saturated heterocycles. The smallest absolute Gasteiger partial charge is 0.185 e. The molecule has 0 unspecified atom stereocenters. The Morgan fingerprint density at radius 2 is 2.23 bits per heavy atom. The number of likely N-dealkylation sites (N-methyl/N-ethyl adjacent to an activating group) is 1. The largest absolute Gasteiger partial charge is 0.477 e. The Balaban J connectivity index is 2.09. The van der Waals surface area contributed by atoms with E-state index in [9.17, 15) is 0 Å². The standard InChI is InChI=1S/C11H21NO/c1-3-4-5-6-7-8-11-12(2)9-10-13-11/h8H,3-7,9-10H2,1-2H3. The first-order valence-electron chi connectivity index (χ1n) is 5.38. The first-order valence-corrected chi connectivity index (χ1v) is 5.38. The molecule has 1 heterocycles. The first-order chi connectivity index (χ1) is 6.34. The van der Waals surface area contributed by atoms with Crippen molar-refractivity contribution in [3.8, 4) is 0 Å². The van der Waals surface area contributed by atoms with E-state index in [-0.39, 0.29) is 0 Å². The third-order valence-electron chi connectivity index (χ3n) is 2.43. The molecule has 0 aromatic carbocycles. The second-order valence-electron chi connectivity index (χ2n) is 3.66. The third-order valence-corrected chi connectivity index (χ3v) is 2.43. The fourth-order valence-corrected chi connectivity index (χ4v) is 1.52. The number of nitrogens with zero attached hydrogens (tertiary/aromatic N) is 1. The predicted octanol–water partition coefficient (Wildman–Crippen LogP) is 2.76. The molecular formula is C11H21NO. The van der Waals surface area contributed by atoms with E-state index >= 15 is 0 Å². The summed E-state index contributed by atoms with van der Waals surface area (Å²) in [5.41, 5.74) is 0. The molecule has 2 nitrogen and oxygen atoms in total. The summed E-state index contributed by atoms with van der Waals surface area (Å²) >= 11 is 0. The molecule has 0 amide bonds. The monoisotopic (exact) mass is 183 g/mol. The second kappa shape index (κ2) is 5.90. The zero-order valence-electron chi connectivity index (χ0n) is 8.88. The predicted molar refractivity (Wildman–Crippen MR) is 55.4 cm³/mol. The molecule has 0 N–H and O–H groups in total. The lowest BCUT2D eigenvalue weighted by Gasteiger charge is -2.08. The molecule has 1 fully saturated rings. The summed E-state index contributed by atoms with van der Waals surface area (Å²) in [6, 6.07) is 0. The number of allylic oxidation sites excluding steroid dienone is 1. The lowest BCUT2D eigenvalue weighted by Crippen LogP contribution is -2.10. The van der Waals surface area contributed by atoms with Gasteiger partial charge < -0.3 is 9.64 Å². The van der Waals surface area contributed by atoms with Gasteiger partial charge in [0.15, 0.2) is 5.88 Å². The topological polar surface area (TPSA) is 12.5 Å². The Morgan fingerprint density at radius 1 is 1.38 bits per heavy atom. The zero-order valence-corrected chi connectivity index (χ0v) is 8.88. The Labute approximate surface area is 81.6 Å². The average Bonchev–Trinajstić information content (AvgIpc) is 2.52. The van der Waals surface area contributed by atoms with Gasteiger partial charge in [-0.3, -0.25) is 0 Å². The van der Waals surface area contributed by atoms with Crippen molar-refractivity contribution in [3.05, 3.63) is 12.0 Å². The highest BCUT2D eigenvalue weighted by Crippen LogP contribution is 2.13. The van der Waals surface area contributed by atoms with Crippen molar-refractivity contribution in [1.29, 1.82) is 0 Å². The molecule has 0 aliphatic carbocycles. The van der Waals surface area contributed by atoms with Crippen LogP contribution >= 0.6 is 0 Å². The van der Waals surface area contributed by atoms with Crippen LogP contribution in [-0.4, -0.2) is 25.1 Å². The van der Waals surface area contributed by atoms with E-state index in [1.807, 2.05) is 0 Å². The highest BCUT2D eigenvalue weighted by molar-refractivity contribution is 4.95. The highest BCUT2D eigenvalue weighted by Gasteiger charge is 2.12. The Kier molecular flexibility index (Phi) is 4.73. The van der Waals surface area contributed by atoms with Crippen LogP contribution in [-0.2, 0) is 4.74 Å². The molecule has 1 aliphatic heterocycles. The van der Waals surface area contributed by atoms with Crippen LogP contribution in [0.3, 0.4) is 0 Å². The molecule has 0 atom stereocenters. The summed E-state index contributed by atoms with van der Waals surface area (Å²) in [4.78, 5) is 2.18. The minimum Gasteiger partial charge on any atom is -0.477 e. The fourth-order valence-electron chi connectivity index (χ4n) is 1.52. The van der Waals surface area contributed by atoms with Crippen LogP contribution in [0.5, 0.6) is 0 Å². The van der Waals surface area contributed by atoms with Gasteiger partial charge in [0.2, 0.25) is 0 Å². The average molecular weight is 183 g/mol.